The number of methoxy groups -OCH3 is 1. The van der Waals surface area contributed by atoms with Gasteiger partial charge >= 0.3 is 6.09 Å². The van der Waals surface area contributed by atoms with Gasteiger partial charge in [-0.1, -0.05) is 40.2 Å². The Balaban J connectivity index is 0.00000154. The number of aliphatic imine (C=N–C) groups is 1. The predicted octanol–water partition coefficient (Wildman–Crippen LogP) is 7.67. The van der Waals surface area contributed by atoms with Crippen molar-refractivity contribution in [2.45, 2.75) is 82.0 Å². The van der Waals surface area contributed by atoms with E-state index in [4.69, 9.17) is 29.1 Å². The van der Waals surface area contributed by atoms with Gasteiger partial charge in [-0.25, -0.2) is 14.7 Å². The van der Waals surface area contributed by atoms with E-state index in [1.165, 1.54) is 39.2 Å². The van der Waals surface area contributed by atoms with Gasteiger partial charge in [0.05, 0.1) is 59.7 Å². The number of aliphatic hydroxyl groups excluding tert-OH is 1. The minimum atomic E-state index is -1.37. The molecular weight excluding hydrogens is 837 g/mol. The highest BCUT2D eigenvalue weighted by Crippen LogP contribution is 2.43. The maximum atomic E-state index is 14.1. The third-order valence-electron chi connectivity index (χ3n) is 10.7. The van der Waals surface area contributed by atoms with E-state index >= 15 is 0 Å². The third kappa shape index (κ3) is 10.5. The van der Waals surface area contributed by atoms with Crippen molar-refractivity contribution in [2.75, 3.05) is 52.0 Å². The Labute approximate surface area is 368 Å². The average Bonchev–Trinajstić information content (AvgIpc) is 3.85. The zero-order valence-electron chi connectivity index (χ0n) is 35.9. The van der Waals surface area contributed by atoms with Gasteiger partial charge < -0.3 is 33.9 Å². The van der Waals surface area contributed by atoms with Crippen LogP contribution in [0, 0.1) is 17.0 Å². The maximum Gasteiger partial charge on any atom is 0.416 e. The van der Waals surface area contributed by atoms with Gasteiger partial charge in [-0.05, 0) is 88.1 Å². The van der Waals surface area contributed by atoms with Crippen LogP contribution in [0.1, 0.15) is 73.2 Å². The summed E-state index contributed by atoms with van der Waals surface area (Å²) in [6.07, 6.45) is 7.10. The van der Waals surface area contributed by atoms with E-state index in [1.54, 1.807) is 35.4 Å². The van der Waals surface area contributed by atoms with Crippen LogP contribution in [0.15, 0.2) is 82.0 Å². The number of allylic oxidation sites excluding steroid dienone is 2. The number of pyridine rings is 1. The van der Waals surface area contributed by atoms with Crippen LogP contribution in [0.25, 0.3) is 0 Å². The summed E-state index contributed by atoms with van der Waals surface area (Å²) in [6.45, 7) is 11.2. The molecule has 18 heteroatoms. The quantitative estimate of drug-likeness (QED) is 0.0615. The first-order chi connectivity index (χ1) is 29.6. The molecule has 0 saturated carbocycles. The molecule has 0 spiro atoms. The van der Waals surface area contributed by atoms with Crippen LogP contribution in [-0.2, 0) is 4.74 Å². The lowest BCUT2D eigenvalue weighted by atomic mass is 10.1. The summed E-state index contributed by atoms with van der Waals surface area (Å²) in [4.78, 5) is 63.6. The lowest BCUT2D eigenvalue weighted by Gasteiger charge is -2.32. The molecule has 1 aromatic heterocycles. The van der Waals surface area contributed by atoms with Crippen LogP contribution in [-0.4, -0.2) is 119 Å². The first kappa shape index (κ1) is 45.9. The molecule has 2 fully saturated rings. The molecule has 4 aliphatic rings. The number of rotatable bonds is 12. The number of carbonyl (C=O) groups is 3. The van der Waals surface area contributed by atoms with Crippen molar-refractivity contribution < 1.29 is 43.4 Å². The van der Waals surface area contributed by atoms with Gasteiger partial charge in [0.1, 0.15) is 17.4 Å². The van der Waals surface area contributed by atoms with Gasteiger partial charge in [-0.15, -0.1) is 0 Å². The zero-order chi connectivity index (χ0) is 44.7. The molecule has 330 valence electrons. The maximum absolute atomic E-state index is 14.1. The van der Waals surface area contributed by atoms with Crippen LogP contribution in [0.2, 0.25) is 0 Å². The Kier molecular flexibility index (Phi) is 14.9. The molecule has 2 saturated heterocycles. The number of carbonyl (C=O) groups excluding carboxylic acids is 3. The highest BCUT2D eigenvalue weighted by molar-refractivity contribution is 8.77. The fourth-order valence-corrected chi connectivity index (χ4v) is 9.45. The monoisotopic (exact) mass is 888 g/mol. The second-order valence-electron chi connectivity index (χ2n) is 15.7. The zero-order valence-corrected chi connectivity index (χ0v) is 37.5. The number of ether oxygens (including phenoxy) is 4. The van der Waals surface area contributed by atoms with E-state index in [-0.39, 0.29) is 48.9 Å². The highest BCUT2D eigenvalue weighted by atomic mass is 33.1. The van der Waals surface area contributed by atoms with Crippen molar-refractivity contribution >= 4 is 57.1 Å². The molecule has 0 bridgehead atoms. The van der Waals surface area contributed by atoms with Crippen molar-refractivity contribution in [3.05, 3.63) is 98.8 Å². The average molecular weight is 889 g/mol. The Hall–Kier alpha value is -5.59. The van der Waals surface area contributed by atoms with Crippen molar-refractivity contribution in [1.82, 2.24) is 14.8 Å². The minimum Gasteiger partial charge on any atom is -0.493 e. The highest BCUT2D eigenvalue weighted by Gasteiger charge is 2.46. The molecular formula is C44H52N6O10S2. The lowest BCUT2D eigenvalue weighted by molar-refractivity contribution is -0.445. The first-order valence-corrected chi connectivity index (χ1v) is 22.3. The molecule has 3 atom stereocenters. The normalized spacial score (nSPS) is 20.4. The predicted molar refractivity (Wildman–Crippen MR) is 239 cm³/mol. The van der Waals surface area contributed by atoms with E-state index in [2.05, 4.69) is 16.1 Å². The molecule has 3 aromatic rings. The van der Waals surface area contributed by atoms with Gasteiger partial charge in [0.2, 0.25) is 0 Å². The number of nitrogens with zero attached hydrogens (tertiary/aromatic N) is 6. The number of aliphatic hydroxyl groups is 1. The van der Waals surface area contributed by atoms with Gasteiger partial charge in [0, 0.05) is 49.0 Å². The molecule has 4 aliphatic heterocycles. The van der Waals surface area contributed by atoms with E-state index in [0.29, 0.717) is 60.0 Å². The number of fused-ring (bicyclic) bond motifs is 4. The molecule has 5 heterocycles. The van der Waals surface area contributed by atoms with Crippen molar-refractivity contribution in [2.24, 2.45) is 4.99 Å². The number of anilines is 1. The SMILES string of the molecule is CC=C1C[C@H]2C=Nc3cc(OCCCOc4cc5c(cc4C)C(=O)N4CC(=CC)C[C@H]4C(O)N5C(=O)OCC(C)(C)SSc4ccccn4)c(OC)cc3C(=O)N2C1.C[N+](=O)[O-]. The summed E-state index contributed by atoms with van der Waals surface area (Å²) >= 11 is 0. The van der Waals surface area contributed by atoms with Crippen molar-refractivity contribution in [1.29, 1.82) is 0 Å². The van der Waals surface area contributed by atoms with Gasteiger partial charge in [-0.2, -0.15) is 0 Å². The summed E-state index contributed by atoms with van der Waals surface area (Å²) in [5.41, 5.74) is 4.40. The number of aryl methyl sites for hydroxylation is 1. The molecule has 1 N–H and O–H groups in total. The second-order valence-corrected chi connectivity index (χ2v) is 18.5. The fraction of sp³-hybridized carbons (Fsp3) is 0.432. The molecule has 2 aromatic carbocycles. The number of hydrogen-bond donors (Lipinski definition) is 1. The van der Waals surface area contributed by atoms with E-state index in [9.17, 15) is 19.5 Å². The minimum absolute atomic E-state index is 0.0422. The van der Waals surface area contributed by atoms with Crippen LogP contribution >= 0.6 is 21.6 Å². The van der Waals surface area contributed by atoms with E-state index in [1.807, 2.05) is 70.0 Å². The number of benzene rings is 2. The van der Waals surface area contributed by atoms with Gasteiger partial charge in [-0.3, -0.25) is 24.7 Å². The number of hydrogen-bond acceptors (Lipinski definition) is 14. The fourth-order valence-electron chi connectivity index (χ4n) is 7.43. The Morgan fingerprint density at radius 1 is 0.984 bits per heavy atom. The van der Waals surface area contributed by atoms with Crippen LogP contribution in [0.4, 0.5) is 16.2 Å². The van der Waals surface area contributed by atoms with Gasteiger partial charge in [0.15, 0.2) is 24.8 Å². The lowest BCUT2D eigenvalue weighted by Crippen LogP contribution is -2.51. The molecule has 3 amide bonds. The first-order valence-electron chi connectivity index (χ1n) is 20.2. The van der Waals surface area contributed by atoms with E-state index < -0.39 is 28.0 Å². The third-order valence-corrected chi connectivity index (χ3v) is 13.8. The summed E-state index contributed by atoms with van der Waals surface area (Å²) in [5.74, 6) is 0.975. The summed E-state index contributed by atoms with van der Waals surface area (Å²) in [7, 11) is 5.44. The van der Waals surface area contributed by atoms with E-state index in [0.717, 1.165) is 24.1 Å². The Bertz CT molecular complexity index is 2270. The molecule has 0 radical (unpaired) electrons. The molecule has 7 rings (SSSR count). The number of aromatic nitrogens is 1. The summed E-state index contributed by atoms with van der Waals surface area (Å²) in [5, 5.41) is 21.5. The van der Waals surface area contributed by atoms with Crippen LogP contribution in [0.5, 0.6) is 17.2 Å². The molecule has 62 heavy (non-hydrogen) atoms. The Morgan fingerprint density at radius 3 is 2.34 bits per heavy atom. The number of amides is 3. The van der Waals surface area contributed by atoms with Gasteiger partial charge in [0.25, 0.3) is 11.8 Å². The standard InChI is InChI=1S/C43H49N5O8S2.CH3NO2/c1-7-27-17-29-22-45-32-20-37(36(53-6)19-30(32)39(49)46(29)23-27)55-15-11-14-54-35-21-33-31(16-26(35)3)40(50)47-24-28(8-2)18-34(47)41(51)48(33)42(52)56-25-43(4,5)58-57-38-12-9-10-13-44-38;1-2(3)4/h7-10,12-13,16,19-22,29,34,41,51H,11,14-15,17-18,23-25H2,1-6H3;1H3/t29-,34-,41?;/m0./s1. The number of nitro groups is 1. The second kappa shape index (κ2) is 20.1. The summed E-state index contributed by atoms with van der Waals surface area (Å²) in [6, 6.07) is 11.7. The van der Waals surface area contributed by atoms with Crippen LogP contribution in [0.3, 0.4) is 0 Å². The molecule has 16 nitrogen and oxygen atoms in total. The van der Waals surface area contributed by atoms with Crippen LogP contribution < -0.4 is 19.1 Å². The summed E-state index contributed by atoms with van der Waals surface area (Å²) < 4.78 is 23.4. The largest absolute Gasteiger partial charge is 0.493 e. The molecule has 1 unspecified atom stereocenters. The molecule has 0 aliphatic carbocycles. The van der Waals surface area contributed by atoms with Crippen molar-refractivity contribution in [3.63, 3.8) is 0 Å². The Morgan fingerprint density at radius 2 is 1.66 bits per heavy atom. The smallest absolute Gasteiger partial charge is 0.416 e. The van der Waals surface area contributed by atoms with Crippen molar-refractivity contribution in [3.8, 4) is 17.2 Å². The topological polar surface area (TPSA) is 186 Å².